The number of rotatable bonds is 4. The summed E-state index contributed by atoms with van der Waals surface area (Å²) in [6, 6.07) is 4.70. The number of anilines is 1. The Morgan fingerprint density at radius 1 is 1.25 bits per heavy atom. The number of nitrogens with zero attached hydrogens (tertiary/aromatic N) is 1. The fourth-order valence-corrected chi connectivity index (χ4v) is 3.65. The van der Waals surface area contributed by atoms with E-state index in [-0.39, 0.29) is 0 Å². The average molecular weight is 276 g/mol. The minimum absolute atomic E-state index is 0.514. The van der Waals surface area contributed by atoms with Crippen molar-refractivity contribution in [3.8, 4) is 11.5 Å². The van der Waals surface area contributed by atoms with E-state index >= 15 is 0 Å². The Hall–Kier alpha value is -1.42. The van der Waals surface area contributed by atoms with E-state index in [0.717, 1.165) is 23.7 Å². The lowest BCUT2D eigenvalue weighted by molar-refractivity contribution is 0.283. The standard InChI is InChI=1S/C16H24N2O2/c1-18-8-4-5-12(18)9-11-10-17-16-14(20-3)7-6-13(19-2)15(11)16/h6-7,11-12,17H,4-5,8-10H2,1-3H3/t11?,12-/m1/s1. The highest BCUT2D eigenvalue weighted by Crippen LogP contribution is 2.46. The molecule has 0 aliphatic carbocycles. The molecule has 1 N–H and O–H groups in total. The number of hydrogen-bond acceptors (Lipinski definition) is 4. The molecule has 0 saturated carbocycles. The van der Waals surface area contributed by atoms with E-state index < -0.39 is 0 Å². The van der Waals surface area contributed by atoms with Crippen LogP contribution in [0.2, 0.25) is 0 Å². The highest BCUT2D eigenvalue weighted by atomic mass is 16.5. The molecule has 0 amide bonds. The van der Waals surface area contributed by atoms with E-state index in [1.54, 1.807) is 14.2 Å². The lowest BCUT2D eigenvalue weighted by Gasteiger charge is -2.23. The summed E-state index contributed by atoms with van der Waals surface area (Å²) >= 11 is 0. The minimum atomic E-state index is 0.514. The van der Waals surface area contributed by atoms with E-state index in [1.165, 1.54) is 31.4 Å². The van der Waals surface area contributed by atoms with Crippen molar-refractivity contribution in [1.82, 2.24) is 4.90 Å². The van der Waals surface area contributed by atoms with E-state index in [0.29, 0.717) is 12.0 Å². The molecule has 2 aliphatic heterocycles. The third kappa shape index (κ3) is 2.22. The summed E-state index contributed by atoms with van der Waals surface area (Å²) in [6.45, 7) is 2.21. The topological polar surface area (TPSA) is 33.7 Å². The van der Waals surface area contributed by atoms with Gasteiger partial charge in [-0.05, 0) is 45.0 Å². The van der Waals surface area contributed by atoms with E-state index in [1.807, 2.05) is 12.1 Å². The van der Waals surface area contributed by atoms with Gasteiger partial charge in [-0.3, -0.25) is 0 Å². The first kappa shape index (κ1) is 13.6. The molecule has 4 nitrogen and oxygen atoms in total. The largest absolute Gasteiger partial charge is 0.496 e. The molecular weight excluding hydrogens is 252 g/mol. The summed E-state index contributed by atoms with van der Waals surface area (Å²) in [6.07, 6.45) is 3.83. The summed E-state index contributed by atoms with van der Waals surface area (Å²) in [4.78, 5) is 2.49. The van der Waals surface area contributed by atoms with Crippen LogP contribution in [0.5, 0.6) is 11.5 Å². The van der Waals surface area contributed by atoms with Gasteiger partial charge in [0.25, 0.3) is 0 Å². The molecule has 1 fully saturated rings. The molecule has 2 heterocycles. The molecule has 20 heavy (non-hydrogen) atoms. The summed E-state index contributed by atoms with van der Waals surface area (Å²) in [7, 11) is 5.71. The minimum Gasteiger partial charge on any atom is -0.496 e. The van der Waals surface area contributed by atoms with Crippen LogP contribution < -0.4 is 14.8 Å². The van der Waals surface area contributed by atoms with Crippen LogP contribution in [0.3, 0.4) is 0 Å². The zero-order chi connectivity index (χ0) is 14.1. The van der Waals surface area contributed by atoms with Crippen LogP contribution in [0.25, 0.3) is 0 Å². The van der Waals surface area contributed by atoms with Crippen molar-refractivity contribution in [2.24, 2.45) is 0 Å². The van der Waals surface area contributed by atoms with E-state index in [9.17, 15) is 0 Å². The van der Waals surface area contributed by atoms with Crippen molar-refractivity contribution in [3.63, 3.8) is 0 Å². The van der Waals surface area contributed by atoms with Gasteiger partial charge in [0.2, 0.25) is 0 Å². The van der Waals surface area contributed by atoms with Gasteiger partial charge in [0.1, 0.15) is 11.5 Å². The zero-order valence-electron chi connectivity index (χ0n) is 12.6. The second kappa shape index (κ2) is 5.52. The van der Waals surface area contributed by atoms with E-state index in [4.69, 9.17) is 9.47 Å². The van der Waals surface area contributed by atoms with Gasteiger partial charge < -0.3 is 19.7 Å². The van der Waals surface area contributed by atoms with Crippen molar-refractivity contribution in [3.05, 3.63) is 17.7 Å². The van der Waals surface area contributed by atoms with Crippen LogP contribution in [-0.2, 0) is 0 Å². The van der Waals surface area contributed by atoms with E-state index in [2.05, 4.69) is 17.3 Å². The molecule has 1 saturated heterocycles. The smallest absolute Gasteiger partial charge is 0.142 e. The van der Waals surface area contributed by atoms with Gasteiger partial charge in [-0.25, -0.2) is 0 Å². The van der Waals surface area contributed by atoms with Gasteiger partial charge in [0.05, 0.1) is 19.9 Å². The summed E-state index contributed by atoms with van der Waals surface area (Å²) in [5, 5.41) is 3.51. The molecule has 2 atom stereocenters. The highest BCUT2D eigenvalue weighted by Gasteiger charge is 2.33. The quantitative estimate of drug-likeness (QED) is 0.917. The number of hydrogen-bond donors (Lipinski definition) is 1. The SMILES string of the molecule is COc1ccc(OC)c2c1NCC2C[C@H]1CCCN1C. The number of methoxy groups -OCH3 is 2. The third-order valence-electron chi connectivity index (χ3n) is 4.77. The monoisotopic (exact) mass is 276 g/mol. The van der Waals surface area contributed by atoms with Crippen LogP contribution in [0.15, 0.2) is 12.1 Å². The Morgan fingerprint density at radius 2 is 2.00 bits per heavy atom. The Labute approximate surface area is 121 Å². The van der Waals surface area contributed by atoms with Crippen LogP contribution in [0.4, 0.5) is 5.69 Å². The Kier molecular flexibility index (Phi) is 3.74. The molecular formula is C16H24N2O2. The van der Waals surface area contributed by atoms with Gasteiger partial charge in [-0.1, -0.05) is 0 Å². The van der Waals surface area contributed by atoms with Gasteiger partial charge in [0.15, 0.2) is 0 Å². The molecule has 2 aliphatic rings. The number of likely N-dealkylation sites (tertiary alicyclic amines) is 1. The first-order chi connectivity index (χ1) is 9.74. The molecule has 3 rings (SSSR count). The molecule has 1 unspecified atom stereocenters. The molecule has 1 aromatic carbocycles. The second-order valence-corrected chi connectivity index (χ2v) is 5.85. The molecule has 4 heteroatoms. The number of ether oxygens (including phenoxy) is 2. The van der Waals surface area contributed by atoms with Crippen molar-refractivity contribution in [2.75, 3.05) is 39.7 Å². The molecule has 0 spiro atoms. The van der Waals surface area contributed by atoms with Crippen molar-refractivity contribution >= 4 is 5.69 Å². The highest BCUT2D eigenvalue weighted by molar-refractivity contribution is 5.71. The first-order valence-corrected chi connectivity index (χ1v) is 7.43. The average Bonchev–Trinajstić information content (AvgIpc) is 3.06. The maximum atomic E-state index is 5.57. The molecule has 110 valence electrons. The fourth-order valence-electron chi connectivity index (χ4n) is 3.65. The maximum Gasteiger partial charge on any atom is 0.142 e. The Bertz CT molecular complexity index is 490. The van der Waals surface area contributed by atoms with Crippen LogP contribution in [-0.4, -0.2) is 45.3 Å². The van der Waals surface area contributed by atoms with Crippen molar-refractivity contribution < 1.29 is 9.47 Å². The van der Waals surface area contributed by atoms with Gasteiger partial charge in [0, 0.05) is 24.1 Å². The van der Waals surface area contributed by atoms with Crippen molar-refractivity contribution in [1.29, 1.82) is 0 Å². The van der Waals surface area contributed by atoms with Gasteiger partial charge in [-0.15, -0.1) is 0 Å². The molecule has 0 aromatic heterocycles. The Balaban J connectivity index is 1.88. The van der Waals surface area contributed by atoms with Crippen LogP contribution in [0, 0.1) is 0 Å². The number of fused-ring (bicyclic) bond motifs is 1. The summed E-state index contributed by atoms with van der Waals surface area (Å²) in [5.41, 5.74) is 2.42. The summed E-state index contributed by atoms with van der Waals surface area (Å²) < 4.78 is 11.0. The second-order valence-electron chi connectivity index (χ2n) is 5.85. The normalized spacial score (nSPS) is 25.4. The lowest BCUT2D eigenvalue weighted by Crippen LogP contribution is -2.27. The number of nitrogens with one attached hydrogen (secondary N) is 1. The zero-order valence-corrected chi connectivity index (χ0v) is 12.6. The number of benzene rings is 1. The Morgan fingerprint density at radius 3 is 2.65 bits per heavy atom. The molecule has 0 bridgehead atoms. The molecule has 0 radical (unpaired) electrons. The maximum absolute atomic E-state index is 5.57. The van der Waals surface area contributed by atoms with Gasteiger partial charge >= 0.3 is 0 Å². The van der Waals surface area contributed by atoms with Crippen LogP contribution in [0.1, 0.15) is 30.7 Å². The first-order valence-electron chi connectivity index (χ1n) is 7.43. The predicted octanol–water partition coefficient (Wildman–Crippen LogP) is 2.70. The fraction of sp³-hybridized carbons (Fsp3) is 0.625. The molecule has 1 aromatic rings. The lowest BCUT2D eigenvalue weighted by atomic mass is 9.92. The van der Waals surface area contributed by atoms with Crippen LogP contribution >= 0.6 is 0 Å². The summed E-state index contributed by atoms with van der Waals surface area (Å²) in [5.74, 6) is 2.42. The third-order valence-corrected chi connectivity index (χ3v) is 4.77. The predicted molar refractivity (Wildman–Crippen MR) is 81.0 cm³/mol. The van der Waals surface area contributed by atoms with Gasteiger partial charge in [-0.2, -0.15) is 0 Å². The van der Waals surface area contributed by atoms with Crippen molar-refractivity contribution in [2.45, 2.75) is 31.2 Å².